The third-order valence-corrected chi connectivity index (χ3v) is 2.74. The van der Waals surface area contributed by atoms with Gasteiger partial charge in [0, 0.05) is 25.2 Å². The molecule has 0 aliphatic heterocycles. The highest BCUT2D eigenvalue weighted by atomic mass is 79.9. The number of furan rings is 1. The average Bonchev–Trinajstić information content (AvgIpc) is 2.57. The molecule has 86 valence electrons. The van der Waals surface area contributed by atoms with E-state index in [9.17, 15) is 0 Å². The first kappa shape index (κ1) is 12.7. The lowest BCUT2D eigenvalue weighted by atomic mass is 10.2. The van der Waals surface area contributed by atoms with Gasteiger partial charge in [0.1, 0.15) is 0 Å². The number of hydrogen-bond donors (Lipinski definition) is 2. The molecule has 1 rings (SSSR count). The molecule has 0 saturated carbocycles. The maximum atomic E-state index is 5.14. The molecule has 0 amide bonds. The monoisotopic (exact) mass is 274 g/mol. The Labute approximate surface area is 99.7 Å². The molecule has 1 heterocycles. The van der Waals surface area contributed by atoms with Gasteiger partial charge >= 0.3 is 0 Å². The molecule has 1 aromatic heterocycles. The van der Waals surface area contributed by atoms with Gasteiger partial charge in [0.2, 0.25) is 0 Å². The summed E-state index contributed by atoms with van der Waals surface area (Å²) >= 11 is 3.35. The van der Waals surface area contributed by atoms with Crippen molar-refractivity contribution < 1.29 is 4.42 Å². The molecule has 2 N–H and O–H groups in total. The van der Waals surface area contributed by atoms with Crippen LogP contribution in [0.25, 0.3) is 0 Å². The zero-order valence-corrected chi connectivity index (χ0v) is 10.9. The summed E-state index contributed by atoms with van der Waals surface area (Å²) in [7, 11) is 0. The summed E-state index contributed by atoms with van der Waals surface area (Å²) in [4.78, 5) is 0. The van der Waals surface area contributed by atoms with E-state index in [4.69, 9.17) is 4.42 Å². The van der Waals surface area contributed by atoms with Crippen molar-refractivity contribution in [2.45, 2.75) is 20.4 Å². The van der Waals surface area contributed by atoms with Crippen LogP contribution in [0.4, 0.5) is 0 Å². The highest BCUT2D eigenvalue weighted by Gasteiger charge is 2.00. The van der Waals surface area contributed by atoms with Gasteiger partial charge in [-0.1, -0.05) is 13.8 Å². The third kappa shape index (κ3) is 5.35. The molecular formula is C11H19BrN2O. The van der Waals surface area contributed by atoms with E-state index in [0.717, 1.165) is 30.8 Å². The molecule has 0 spiro atoms. The Morgan fingerprint density at radius 1 is 1.33 bits per heavy atom. The van der Waals surface area contributed by atoms with Crippen molar-refractivity contribution in [3.8, 4) is 0 Å². The van der Waals surface area contributed by atoms with Crippen molar-refractivity contribution in [2.75, 3.05) is 19.6 Å². The molecule has 0 radical (unpaired) electrons. The number of hydrogen-bond acceptors (Lipinski definition) is 3. The first-order chi connectivity index (χ1) is 7.20. The first-order valence-electron chi connectivity index (χ1n) is 5.33. The van der Waals surface area contributed by atoms with Gasteiger partial charge in [0.25, 0.3) is 0 Å². The molecule has 0 aromatic carbocycles. The van der Waals surface area contributed by atoms with E-state index in [2.05, 4.69) is 40.4 Å². The third-order valence-electron chi connectivity index (χ3n) is 2.04. The standard InChI is InChI=1S/C11H19BrN2O/c1-9(2)7-13-4-5-14-8-10-3-6-15-11(10)12/h3,6,9,13-14H,4-5,7-8H2,1-2H3. The molecule has 0 fully saturated rings. The van der Waals surface area contributed by atoms with E-state index in [0.29, 0.717) is 5.92 Å². The largest absolute Gasteiger partial charge is 0.457 e. The Kier molecular flexibility index (Phi) is 5.98. The van der Waals surface area contributed by atoms with Crippen LogP contribution in [0.15, 0.2) is 21.4 Å². The zero-order valence-electron chi connectivity index (χ0n) is 9.35. The van der Waals surface area contributed by atoms with Crippen molar-refractivity contribution in [3.05, 3.63) is 22.6 Å². The van der Waals surface area contributed by atoms with Crippen LogP contribution in [0.5, 0.6) is 0 Å². The lowest BCUT2D eigenvalue weighted by molar-refractivity contribution is 0.524. The van der Waals surface area contributed by atoms with Crippen molar-refractivity contribution in [1.82, 2.24) is 10.6 Å². The highest BCUT2D eigenvalue weighted by Crippen LogP contribution is 2.16. The SMILES string of the molecule is CC(C)CNCCNCc1ccoc1Br. The Bertz CT molecular complexity index is 273. The van der Waals surface area contributed by atoms with Gasteiger partial charge in [0.15, 0.2) is 4.67 Å². The normalized spacial score (nSPS) is 11.2. The minimum atomic E-state index is 0.716. The van der Waals surface area contributed by atoms with Crippen molar-refractivity contribution in [3.63, 3.8) is 0 Å². The summed E-state index contributed by atoms with van der Waals surface area (Å²) in [5.41, 5.74) is 1.17. The summed E-state index contributed by atoms with van der Waals surface area (Å²) in [5.74, 6) is 0.716. The fraction of sp³-hybridized carbons (Fsp3) is 0.636. The summed E-state index contributed by atoms with van der Waals surface area (Å²) in [6.07, 6.45) is 1.69. The molecule has 0 unspecified atom stereocenters. The van der Waals surface area contributed by atoms with Gasteiger partial charge in [-0.2, -0.15) is 0 Å². The van der Waals surface area contributed by atoms with Gasteiger partial charge in [-0.25, -0.2) is 0 Å². The fourth-order valence-electron chi connectivity index (χ4n) is 1.24. The smallest absolute Gasteiger partial charge is 0.173 e. The van der Waals surface area contributed by atoms with Crippen LogP contribution < -0.4 is 10.6 Å². The van der Waals surface area contributed by atoms with Crippen molar-refractivity contribution in [1.29, 1.82) is 0 Å². The lowest BCUT2D eigenvalue weighted by Gasteiger charge is -2.07. The van der Waals surface area contributed by atoms with E-state index in [1.807, 2.05) is 6.07 Å². The molecule has 3 nitrogen and oxygen atoms in total. The minimum absolute atomic E-state index is 0.716. The van der Waals surface area contributed by atoms with E-state index in [1.54, 1.807) is 6.26 Å². The van der Waals surface area contributed by atoms with Crippen LogP contribution in [0.1, 0.15) is 19.4 Å². The maximum absolute atomic E-state index is 5.14. The number of halogens is 1. The quantitative estimate of drug-likeness (QED) is 0.750. The number of nitrogens with one attached hydrogen (secondary N) is 2. The summed E-state index contributed by atoms with van der Waals surface area (Å²) < 4.78 is 5.96. The maximum Gasteiger partial charge on any atom is 0.173 e. The second kappa shape index (κ2) is 7.04. The first-order valence-corrected chi connectivity index (χ1v) is 6.12. The molecule has 4 heteroatoms. The van der Waals surface area contributed by atoms with E-state index in [1.165, 1.54) is 5.56 Å². The molecule has 0 bridgehead atoms. The Balaban J connectivity index is 2.00. The molecule has 0 saturated heterocycles. The molecule has 0 aliphatic carbocycles. The van der Waals surface area contributed by atoms with Crippen LogP contribution in [-0.2, 0) is 6.54 Å². The summed E-state index contributed by atoms with van der Waals surface area (Å²) in [5, 5.41) is 6.73. The second-order valence-electron chi connectivity index (χ2n) is 3.99. The van der Waals surface area contributed by atoms with E-state index >= 15 is 0 Å². The van der Waals surface area contributed by atoms with Gasteiger partial charge in [-0.05, 0) is 34.5 Å². The number of rotatable bonds is 7. The van der Waals surface area contributed by atoms with Crippen LogP contribution in [0.3, 0.4) is 0 Å². The van der Waals surface area contributed by atoms with Gasteiger partial charge < -0.3 is 15.1 Å². The zero-order chi connectivity index (χ0) is 11.1. The van der Waals surface area contributed by atoms with Crippen molar-refractivity contribution in [2.24, 2.45) is 5.92 Å². The average molecular weight is 275 g/mol. The second-order valence-corrected chi connectivity index (χ2v) is 4.71. The van der Waals surface area contributed by atoms with E-state index in [-0.39, 0.29) is 0 Å². The molecule has 0 atom stereocenters. The predicted octanol–water partition coefficient (Wildman–Crippen LogP) is 2.38. The Morgan fingerprint density at radius 3 is 2.67 bits per heavy atom. The van der Waals surface area contributed by atoms with E-state index < -0.39 is 0 Å². The Morgan fingerprint density at radius 2 is 2.07 bits per heavy atom. The van der Waals surface area contributed by atoms with Gasteiger partial charge in [0.05, 0.1) is 6.26 Å². The summed E-state index contributed by atoms with van der Waals surface area (Å²) in [6, 6.07) is 1.97. The van der Waals surface area contributed by atoms with Crippen molar-refractivity contribution >= 4 is 15.9 Å². The van der Waals surface area contributed by atoms with Gasteiger partial charge in [-0.15, -0.1) is 0 Å². The fourth-order valence-corrected chi connectivity index (χ4v) is 1.62. The highest BCUT2D eigenvalue weighted by molar-refractivity contribution is 9.10. The van der Waals surface area contributed by atoms with Crippen LogP contribution in [-0.4, -0.2) is 19.6 Å². The molecule has 0 aliphatic rings. The summed E-state index contributed by atoms with van der Waals surface area (Å²) in [6.45, 7) is 8.33. The minimum Gasteiger partial charge on any atom is -0.457 e. The van der Waals surface area contributed by atoms with Crippen LogP contribution in [0, 0.1) is 5.92 Å². The van der Waals surface area contributed by atoms with Crippen LogP contribution in [0.2, 0.25) is 0 Å². The molecule has 1 aromatic rings. The van der Waals surface area contributed by atoms with Crippen LogP contribution >= 0.6 is 15.9 Å². The Hall–Kier alpha value is -0.320. The topological polar surface area (TPSA) is 37.2 Å². The predicted molar refractivity (Wildman–Crippen MR) is 65.8 cm³/mol. The lowest BCUT2D eigenvalue weighted by Crippen LogP contribution is -2.29. The van der Waals surface area contributed by atoms with Gasteiger partial charge in [-0.3, -0.25) is 0 Å². The molecular weight excluding hydrogens is 256 g/mol. The molecule has 15 heavy (non-hydrogen) atoms.